The molecule has 0 N–H and O–H groups in total. The van der Waals surface area contributed by atoms with Gasteiger partial charge in [0.25, 0.3) is 0 Å². The van der Waals surface area contributed by atoms with Crippen molar-refractivity contribution < 1.29 is 9.13 Å². The molecular formula is C27H23FO. The zero-order valence-corrected chi connectivity index (χ0v) is 16.2. The van der Waals surface area contributed by atoms with Gasteiger partial charge in [0.2, 0.25) is 0 Å². The zero-order chi connectivity index (χ0) is 20.1. The first kappa shape index (κ1) is 18.9. The molecule has 2 heteroatoms. The minimum Gasteiger partial charge on any atom is -0.490 e. The van der Waals surface area contributed by atoms with Crippen molar-refractivity contribution in [1.29, 1.82) is 0 Å². The first-order valence-corrected chi connectivity index (χ1v) is 9.79. The molecule has 0 aliphatic heterocycles. The number of alkyl halides is 1. The zero-order valence-electron chi connectivity index (χ0n) is 16.2. The van der Waals surface area contributed by atoms with Crippen LogP contribution in [-0.2, 0) is 6.42 Å². The Labute approximate surface area is 171 Å². The van der Waals surface area contributed by atoms with E-state index in [1.165, 1.54) is 0 Å². The van der Waals surface area contributed by atoms with Gasteiger partial charge < -0.3 is 4.74 Å². The fraction of sp³-hybridized carbons (Fsp3) is 0.111. The summed E-state index contributed by atoms with van der Waals surface area (Å²) in [7, 11) is 0. The summed E-state index contributed by atoms with van der Waals surface area (Å²) in [4.78, 5) is 0. The quantitative estimate of drug-likeness (QED) is 0.304. The van der Waals surface area contributed by atoms with Gasteiger partial charge in [0.15, 0.2) is 0 Å². The van der Waals surface area contributed by atoms with Gasteiger partial charge in [-0.3, -0.25) is 0 Å². The first-order valence-electron chi connectivity index (χ1n) is 9.79. The van der Waals surface area contributed by atoms with Gasteiger partial charge in [-0.15, -0.1) is 0 Å². The van der Waals surface area contributed by atoms with Gasteiger partial charge in [-0.25, -0.2) is 4.39 Å². The van der Waals surface area contributed by atoms with Crippen LogP contribution in [0.2, 0.25) is 0 Å². The van der Waals surface area contributed by atoms with E-state index in [2.05, 4.69) is 6.58 Å². The van der Waals surface area contributed by atoms with Crippen LogP contribution in [0.15, 0.2) is 104 Å². The molecule has 0 amide bonds. The van der Waals surface area contributed by atoms with Gasteiger partial charge >= 0.3 is 0 Å². The van der Waals surface area contributed by atoms with Gasteiger partial charge in [-0.05, 0) is 51.2 Å². The Bertz CT molecular complexity index is 1100. The molecule has 0 spiro atoms. The summed E-state index contributed by atoms with van der Waals surface area (Å²) in [5.74, 6) is 0.820. The molecule has 0 bridgehead atoms. The highest BCUT2D eigenvalue weighted by Gasteiger charge is 2.11. The highest BCUT2D eigenvalue weighted by Crippen LogP contribution is 2.28. The van der Waals surface area contributed by atoms with Crippen molar-refractivity contribution in [2.75, 3.05) is 6.61 Å². The van der Waals surface area contributed by atoms with E-state index >= 15 is 0 Å². The summed E-state index contributed by atoms with van der Waals surface area (Å²) in [5, 5.41) is 2.21. The van der Waals surface area contributed by atoms with E-state index in [0.717, 1.165) is 38.8 Å². The third-order valence-electron chi connectivity index (χ3n) is 5.06. The molecule has 1 nitrogen and oxygen atoms in total. The standard InChI is InChI=1S/C27H23FO/c1-2-17-29-26-15-13-23(14-16-26)22-9-7-20(8-10-22)18-27(28)25-12-11-21-5-3-4-6-24(21)19-25/h2-16,19,27H,1,17-18H2. The number of benzene rings is 4. The lowest BCUT2D eigenvalue weighted by Crippen LogP contribution is -1.97. The summed E-state index contributed by atoms with van der Waals surface area (Å²) >= 11 is 0. The molecule has 0 radical (unpaired) electrons. The van der Waals surface area contributed by atoms with Crippen LogP contribution >= 0.6 is 0 Å². The van der Waals surface area contributed by atoms with Crippen LogP contribution in [0.4, 0.5) is 4.39 Å². The Balaban J connectivity index is 1.45. The summed E-state index contributed by atoms with van der Waals surface area (Å²) in [6, 6.07) is 29.9. The summed E-state index contributed by atoms with van der Waals surface area (Å²) in [6.07, 6.45) is 1.07. The van der Waals surface area contributed by atoms with Crippen molar-refractivity contribution in [3.05, 3.63) is 115 Å². The molecule has 0 heterocycles. The molecule has 0 saturated heterocycles. The molecule has 0 saturated carbocycles. The normalized spacial score (nSPS) is 11.9. The topological polar surface area (TPSA) is 9.23 Å². The van der Waals surface area contributed by atoms with Crippen molar-refractivity contribution >= 4 is 10.8 Å². The highest BCUT2D eigenvalue weighted by atomic mass is 19.1. The monoisotopic (exact) mass is 382 g/mol. The van der Waals surface area contributed by atoms with Gasteiger partial charge in [-0.1, -0.05) is 85.5 Å². The number of ether oxygens (including phenoxy) is 1. The van der Waals surface area contributed by atoms with E-state index in [4.69, 9.17) is 4.74 Å². The smallest absolute Gasteiger partial charge is 0.129 e. The maximum absolute atomic E-state index is 14.9. The van der Waals surface area contributed by atoms with Crippen LogP contribution in [0.3, 0.4) is 0 Å². The second kappa shape index (κ2) is 8.74. The van der Waals surface area contributed by atoms with E-state index in [1.807, 2.05) is 91.0 Å². The number of halogens is 1. The summed E-state index contributed by atoms with van der Waals surface area (Å²) in [6.45, 7) is 4.15. The summed E-state index contributed by atoms with van der Waals surface area (Å²) < 4.78 is 20.4. The molecule has 4 aromatic rings. The van der Waals surface area contributed by atoms with Gasteiger partial charge in [-0.2, -0.15) is 0 Å². The molecule has 0 aromatic heterocycles. The van der Waals surface area contributed by atoms with Crippen LogP contribution in [-0.4, -0.2) is 6.61 Å². The van der Waals surface area contributed by atoms with E-state index in [9.17, 15) is 4.39 Å². The van der Waals surface area contributed by atoms with E-state index in [1.54, 1.807) is 6.08 Å². The Morgan fingerprint density at radius 1 is 0.793 bits per heavy atom. The fourth-order valence-corrected chi connectivity index (χ4v) is 3.46. The Hall–Kier alpha value is -3.39. The predicted molar refractivity (Wildman–Crippen MR) is 119 cm³/mol. The van der Waals surface area contributed by atoms with Crippen LogP contribution in [0.1, 0.15) is 17.3 Å². The SMILES string of the molecule is C=CCOc1ccc(-c2ccc(CC(F)c3ccc4ccccc4c3)cc2)cc1. The fourth-order valence-electron chi connectivity index (χ4n) is 3.46. The second-order valence-electron chi connectivity index (χ2n) is 7.10. The number of rotatable bonds is 7. The lowest BCUT2D eigenvalue weighted by Gasteiger charge is -2.11. The molecule has 0 aliphatic carbocycles. The van der Waals surface area contributed by atoms with Crippen LogP contribution in [0, 0.1) is 0 Å². The Morgan fingerprint density at radius 3 is 2.14 bits per heavy atom. The minimum atomic E-state index is -1.02. The third-order valence-corrected chi connectivity index (χ3v) is 5.06. The summed E-state index contributed by atoms with van der Waals surface area (Å²) in [5.41, 5.74) is 3.92. The number of fused-ring (bicyclic) bond motifs is 1. The molecule has 29 heavy (non-hydrogen) atoms. The van der Waals surface area contributed by atoms with Crippen molar-refractivity contribution in [2.45, 2.75) is 12.6 Å². The van der Waals surface area contributed by atoms with Gasteiger partial charge in [0.05, 0.1) is 0 Å². The van der Waals surface area contributed by atoms with E-state index in [-0.39, 0.29) is 0 Å². The van der Waals surface area contributed by atoms with Crippen LogP contribution < -0.4 is 4.74 Å². The lowest BCUT2D eigenvalue weighted by atomic mass is 9.98. The largest absolute Gasteiger partial charge is 0.490 e. The molecule has 1 atom stereocenters. The third kappa shape index (κ3) is 4.55. The second-order valence-corrected chi connectivity index (χ2v) is 7.10. The minimum absolute atomic E-state index is 0.368. The maximum Gasteiger partial charge on any atom is 0.129 e. The first-order chi connectivity index (χ1) is 14.2. The molecule has 0 aliphatic rings. The van der Waals surface area contributed by atoms with Crippen LogP contribution in [0.5, 0.6) is 5.75 Å². The molecular weight excluding hydrogens is 359 g/mol. The molecule has 0 fully saturated rings. The van der Waals surface area contributed by atoms with E-state index < -0.39 is 6.17 Å². The van der Waals surface area contributed by atoms with Gasteiger partial charge in [0, 0.05) is 6.42 Å². The molecule has 1 unspecified atom stereocenters. The van der Waals surface area contributed by atoms with E-state index in [0.29, 0.717) is 13.0 Å². The average Bonchev–Trinajstić information content (AvgIpc) is 2.78. The Morgan fingerprint density at radius 2 is 1.45 bits per heavy atom. The molecule has 144 valence electrons. The maximum atomic E-state index is 14.9. The molecule has 4 aromatic carbocycles. The predicted octanol–water partition coefficient (Wildman–Crippen LogP) is 7.32. The van der Waals surface area contributed by atoms with Gasteiger partial charge in [0.1, 0.15) is 18.5 Å². The number of hydrogen-bond donors (Lipinski definition) is 0. The Kier molecular flexibility index (Phi) is 5.71. The highest BCUT2D eigenvalue weighted by molar-refractivity contribution is 5.83. The molecule has 4 rings (SSSR count). The van der Waals surface area contributed by atoms with Crippen molar-refractivity contribution in [3.63, 3.8) is 0 Å². The van der Waals surface area contributed by atoms with Crippen molar-refractivity contribution in [3.8, 4) is 16.9 Å². The lowest BCUT2D eigenvalue weighted by molar-refractivity contribution is 0.342. The van der Waals surface area contributed by atoms with Crippen molar-refractivity contribution in [2.24, 2.45) is 0 Å². The number of hydrogen-bond acceptors (Lipinski definition) is 1. The van der Waals surface area contributed by atoms with Crippen LogP contribution in [0.25, 0.3) is 21.9 Å². The average molecular weight is 382 g/mol. The van der Waals surface area contributed by atoms with Crippen molar-refractivity contribution in [1.82, 2.24) is 0 Å².